The van der Waals surface area contributed by atoms with E-state index >= 15 is 0 Å². The Morgan fingerprint density at radius 2 is 2.04 bits per heavy atom. The number of hydrogen-bond acceptors (Lipinski definition) is 4. The lowest BCUT2D eigenvalue weighted by Gasteiger charge is -2.17. The molecular formula is C18H19BrN4OS. The fourth-order valence-electron chi connectivity index (χ4n) is 2.63. The van der Waals surface area contributed by atoms with E-state index in [1.807, 2.05) is 53.1 Å². The van der Waals surface area contributed by atoms with E-state index in [0.29, 0.717) is 6.42 Å². The number of benzene rings is 1. The van der Waals surface area contributed by atoms with E-state index < -0.39 is 0 Å². The Labute approximate surface area is 159 Å². The van der Waals surface area contributed by atoms with Gasteiger partial charge in [0.25, 0.3) is 0 Å². The van der Waals surface area contributed by atoms with E-state index in [1.165, 1.54) is 0 Å². The fraction of sp³-hybridized carbons (Fsp3) is 0.278. The number of amides is 1. The zero-order valence-corrected chi connectivity index (χ0v) is 16.3. The molecule has 0 saturated carbocycles. The smallest absolute Gasteiger partial charge is 0.225 e. The van der Waals surface area contributed by atoms with E-state index in [2.05, 4.69) is 37.7 Å². The highest BCUT2D eigenvalue weighted by molar-refractivity contribution is 9.10. The first-order chi connectivity index (χ1) is 12.2. The monoisotopic (exact) mass is 418 g/mol. The highest BCUT2D eigenvalue weighted by atomic mass is 79.9. The van der Waals surface area contributed by atoms with Gasteiger partial charge in [0.2, 0.25) is 5.91 Å². The van der Waals surface area contributed by atoms with Crippen LogP contribution in [0.25, 0.3) is 5.65 Å². The summed E-state index contributed by atoms with van der Waals surface area (Å²) in [5.74, 6) is 1.69. The highest BCUT2D eigenvalue weighted by Crippen LogP contribution is 2.19. The summed E-state index contributed by atoms with van der Waals surface area (Å²) >= 11 is 5.16. The summed E-state index contributed by atoms with van der Waals surface area (Å²) < 4.78 is 2.94. The minimum absolute atomic E-state index is 0.0129. The predicted octanol–water partition coefficient (Wildman–Crippen LogP) is 3.64. The summed E-state index contributed by atoms with van der Waals surface area (Å²) in [6, 6.07) is 13.4. The summed E-state index contributed by atoms with van der Waals surface area (Å²) in [4.78, 5) is 12.5. The summed E-state index contributed by atoms with van der Waals surface area (Å²) in [5.41, 5.74) is 1.77. The van der Waals surface area contributed by atoms with Gasteiger partial charge in [-0.3, -0.25) is 9.20 Å². The second-order valence-electron chi connectivity index (χ2n) is 5.69. The van der Waals surface area contributed by atoms with Gasteiger partial charge in [0, 0.05) is 10.7 Å². The largest absolute Gasteiger partial charge is 0.346 e. The van der Waals surface area contributed by atoms with Gasteiger partial charge in [-0.1, -0.05) is 34.1 Å². The number of fused-ring (bicyclic) bond motifs is 1. The van der Waals surface area contributed by atoms with Gasteiger partial charge in [-0.15, -0.1) is 10.2 Å². The van der Waals surface area contributed by atoms with Crippen LogP contribution in [0.1, 0.15) is 23.9 Å². The van der Waals surface area contributed by atoms with Gasteiger partial charge in [-0.2, -0.15) is 11.8 Å². The van der Waals surface area contributed by atoms with Crippen LogP contribution >= 0.6 is 27.7 Å². The molecule has 0 fully saturated rings. The molecule has 2 heterocycles. The molecule has 0 radical (unpaired) electrons. The number of aromatic nitrogens is 3. The number of nitrogens with one attached hydrogen (secondary N) is 1. The zero-order valence-electron chi connectivity index (χ0n) is 13.9. The fourth-order valence-corrected chi connectivity index (χ4v) is 3.37. The Balaban J connectivity index is 1.76. The number of carbonyl (C=O) groups excluding carboxylic acids is 1. The molecule has 0 spiro atoms. The maximum Gasteiger partial charge on any atom is 0.225 e. The van der Waals surface area contributed by atoms with Crippen molar-refractivity contribution < 1.29 is 4.79 Å². The van der Waals surface area contributed by atoms with Gasteiger partial charge in [-0.05, 0) is 48.3 Å². The van der Waals surface area contributed by atoms with E-state index in [9.17, 15) is 4.79 Å². The number of thioether (sulfide) groups is 1. The summed E-state index contributed by atoms with van der Waals surface area (Å²) in [6.07, 6.45) is 5.14. The third-order valence-corrected chi connectivity index (χ3v) is 5.05. The van der Waals surface area contributed by atoms with Gasteiger partial charge >= 0.3 is 0 Å². The van der Waals surface area contributed by atoms with Crippen molar-refractivity contribution in [2.24, 2.45) is 0 Å². The van der Waals surface area contributed by atoms with Crippen LogP contribution in [-0.4, -0.2) is 32.5 Å². The molecule has 5 nitrogen and oxygen atoms in total. The molecule has 7 heteroatoms. The third-order valence-electron chi connectivity index (χ3n) is 3.88. The van der Waals surface area contributed by atoms with Gasteiger partial charge in [0.05, 0.1) is 12.5 Å². The Morgan fingerprint density at radius 3 is 2.80 bits per heavy atom. The van der Waals surface area contributed by atoms with Crippen LogP contribution in [0.15, 0.2) is 53.1 Å². The lowest BCUT2D eigenvalue weighted by atomic mass is 10.1. The zero-order chi connectivity index (χ0) is 17.6. The first kappa shape index (κ1) is 17.9. The number of pyridine rings is 1. The van der Waals surface area contributed by atoms with E-state index in [0.717, 1.165) is 33.7 Å². The molecule has 0 unspecified atom stereocenters. The Hall–Kier alpha value is -1.86. The molecule has 0 aliphatic carbocycles. The van der Waals surface area contributed by atoms with E-state index in [4.69, 9.17) is 0 Å². The molecule has 3 rings (SSSR count). The molecular weight excluding hydrogens is 400 g/mol. The van der Waals surface area contributed by atoms with Crippen LogP contribution in [0.2, 0.25) is 0 Å². The van der Waals surface area contributed by atoms with E-state index in [-0.39, 0.29) is 11.9 Å². The van der Waals surface area contributed by atoms with Crippen LogP contribution < -0.4 is 5.32 Å². The van der Waals surface area contributed by atoms with Gasteiger partial charge in [0.15, 0.2) is 11.5 Å². The number of nitrogens with zero attached hydrogens (tertiary/aromatic N) is 3. The van der Waals surface area contributed by atoms with E-state index in [1.54, 1.807) is 11.8 Å². The molecule has 0 saturated heterocycles. The number of halogens is 1. The molecule has 1 atom stereocenters. The van der Waals surface area contributed by atoms with Crippen molar-refractivity contribution in [3.05, 3.63) is 64.5 Å². The molecule has 1 aromatic carbocycles. The van der Waals surface area contributed by atoms with Crippen molar-refractivity contribution >= 4 is 39.2 Å². The van der Waals surface area contributed by atoms with Crippen molar-refractivity contribution in [3.63, 3.8) is 0 Å². The van der Waals surface area contributed by atoms with Crippen molar-refractivity contribution in [1.29, 1.82) is 0 Å². The molecule has 1 amide bonds. The average molecular weight is 419 g/mol. The normalized spacial score (nSPS) is 12.2. The topological polar surface area (TPSA) is 59.3 Å². The Bertz CT molecular complexity index is 850. The minimum Gasteiger partial charge on any atom is -0.346 e. The number of carbonyl (C=O) groups is 1. The average Bonchev–Trinajstić information content (AvgIpc) is 3.04. The lowest BCUT2D eigenvalue weighted by molar-refractivity contribution is -0.121. The maximum atomic E-state index is 12.5. The molecule has 0 bridgehead atoms. The molecule has 0 aliphatic heterocycles. The molecule has 25 heavy (non-hydrogen) atoms. The van der Waals surface area contributed by atoms with Crippen molar-refractivity contribution in [2.45, 2.75) is 18.9 Å². The highest BCUT2D eigenvalue weighted by Gasteiger charge is 2.20. The van der Waals surface area contributed by atoms with Crippen LogP contribution in [-0.2, 0) is 11.2 Å². The first-order valence-electron chi connectivity index (χ1n) is 8.00. The van der Waals surface area contributed by atoms with Gasteiger partial charge in [-0.25, -0.2) is 0 Å². The van der Waals surface area contributed by atoms with Crippen LogP contribution in [0.4, 0.5) is 0 Å². The Morgan fingerprint density at radius 1 is 1.24 bits per heavy atom. The van der Waals surface area contributed by atoms with Crippen molar-refractivity contribution in [2.75, 3.05) is 12.0 Å². The van der Waals surface area contributed by atoms with Crippen LogP contribution in [0.3, 0.4) is 0 Å². The molecule has 3 aromatic rings. The molecule has 1 N–H and O–H groups in total. The van der Waals surface area contributed by atoms with Crippen molar-refractivity contribution in [3.8, 4) is 0 Å². The predicted molar refractivity (Wildman–Crippen MR) is 105 cm³/mol. The van der Waals surface area contributed by atoms with Crippen LogP contribution in [0.5, 0.6) is 0 Å². The summed E-state index contributed by atoms with van der Waals surface area (Å²) in [5, 5.41) is 11.6. The first-order valence-corrected chi connectivity index (χ1v) is 10.2. The minimum atomic E-state index is -0.159. The van der Waals surface area contributed by atoms with Gasteiger partial charge < -0.3 is 5.32 Å². The summed E-state index contributed by atoms with van der Waals surface area (Å²) in [7, 11) is 0. The lowest BCUT2D eigenvalue weighted by Crippen LogP contribution is -2.31. The number of rotatable bonds is 7. The molecule has 130 valence electrons. The number of hydrogen-bond donors (Lipinski definition) is 1. The second-order valence-corrected chi connectivity index (χ2v) is 7.59. The quantitative estimate of drug-likeness (QED) is 0.635. The van der Waals surface area contributed by atoms with Crippen LogP contribution in [0, 0.1) is 0 Å². The standard InChI is InChI=1S/C18H19BrN4OS/c1-25-11-9-15(18-22-21-16-4-2-3-10-23(16)18)20-17(24)12-13-5-7-14(19)8-6-13/h2-8,10,15H,9,11-12H2,1H3,(H,20,24)/t15-/m1/s1. The molecule has 2 aromatic heterocycles. The maximum absolute atomic E-state index is 12.5. The third kappa shape index (κ3) is 4.61. The Kier molecular flexibility index (Phi) is 6.09. The second kappa shape index (κ2) is 8.49. The van der Waals surface area contributed by atoms with Crippen molar-refractivity contribution in [1.82, 2.24) is 19.9 Å². The van der Waals surface area contributed by atoms with Gasteiger partial charge in [0.1, 0.15) is 0 Å². The molecule has 0 aliphatic rings. The summed E-state index contributed by atoms with van der Waals surface area (Å²) in [6.45, 7) is 0. The SMILES string of the molecule is CSCC[C@@H](NC(=O)Cc1ccc(Br)cc1)c1nnc2ccccn12.